The molecule has 29 heavy (non-hydrogen) atoms. The van der Waals surface area contributed by atoms with Crippen molar-refractivity contribution in [3.8, 4) is 0 Å². The molecule has 1 aliphatic rings. The van der Waals surface area contributed by atoms with Crippen molar-refractivity contribution in [3.63, 3.8) is 0 Å². The Bertz CT molecular complexity index is 951. The maximum atomic E-state index is 12.9. The first kappa shape index (κ1) is 21.1. The van der Waals surface area contributed by atoms with Crippen LogP contribution in [0.4, 0.5) is 0 Å². The third-order valence-corrected chi connectivity index (χ3v) is 5.40. The Labute approximate surface area is 176 Å². The lowest BCUT2D eigenvalue weighted by Gasteiger charge is -2.27. The van der Waals surface area contributed by atoms with Gasteiger partial charge in [0.1, 0.15) is 5.76 Å². The summed E-state index contributed by atoms with van der Waals surface area (Å²) in [6.07, 6.45) is 0.726. The van der Waals surface area contributed by atoms with Crippen LogP contribution in [0.1, 0.15) is 29.2 Å². The van der Waals surface area contributed by atoms with Gasteiger partial charge in [-0.2, -0.15) is 0 Å². The lowest BCUT2D eigenvalue weighted by Crippen LogP contribution is -2.32. The van der Waals surface area contributed by atoms with Gasteiger partial charge >= 0.3 is 0 Å². The van der Waals surface area contributed by atoms with Crippen molar-refractivity contribution in [2.24, 2.45) is 0 Å². The fraction of sp³-hybridized carbons (Fsp3) is 0.304. The third-order valence-electron chi connectivity index (χ3n) is 5.15. The minimum absolute atomic E-state index is 0.122. The van der Waals surface area contributed by atoms with E-state index in [1.165, 1.54) is 0 Å². The molecule has 1 unspecified atom stereocenters. The average Bonchev–Trinajstić information content (AvgIpc) is 2.93. The van der Waals surface area contributed by atoms with E-state index in [-0.39, 0.29) is 11.3 Å². The SMILES string of the molecule is Cc1ccccc1C1/C(=C(/O)c2ccc(Cl)cc2)C(=O)C(=O)N1CCCN(C)C. The predicted octanol–water partition coefficient (Wildman–Crippen LogP) is 4.02. The lowest BCUT2D eigenvalue weighted by atomic mass is 9.92. The van der Waals surface area contributed by atoms with Crippen molar-refractivity contribution in [3.05, 3.63) is 75.8 Å². The third kappa shape index (κ3) is 4.36. The van der Waals surface area contributed by atoms with Crippen molar-refractivity contribution in [2.75, 3.05) is 27.2 Å². The van der Waals surface area contributed by atoms with Crippen molar-refractivity contribution < 1.29 is 14.7 Å². The van der Waals surface area contributed by atoms with E-state index in [2.05, 4.69) is 0 Å². The molecular weight excluding hydrogens is 388 g/mol. The number of nitrogens with zero attached hydrogens (tertiary/aromatic N) is 2. The Kier molecular flexibility index (Phi) is 6.40. The van der Waals surface area contributed by atoms with E-state index in [0.717, 1.165) is 24.1 Å². The molecule has 1 saturated heterocycles. The Morgan fingerprint density at radius 2 is 1.76 bits per heavy atom. The molecule has 2 aromatic carbocycles. The fourth-order valence-corrected chi connectivity index (χ4v) is 3.77. The van der Waals surface area contributed by atoms with Gasteiger partial charge in [0, 0.05) is 17.1 Å². The monoisotopic (exact) mass is 412 g/mol. The summed E-state index contributed by atoms with van der Waals surface area (Å²) in [4.78, 5) is 29.4. The summed E-state index contributed by atoms with van der Waals surface area (Å²) in [7, 11) is 3.93. The van der Waals surface area contributed by atoms with E-state index < -0.39 is 17.7 Å². The van der Waals surface area contributed by atoms with E-state index >= 15 is 0 Å². The second kappa shape index (κ2) is 8.80. The van der Waals surface area contributed by atoms with Gasteiger partial charge in [0.25, 0.3) is 11.7 Å². The van der Waals surface area contributed by atoms with Gasteiger partial charge in [0.05, 0.1) is 11.6 Å². The highest BCUT2D eigenvalue weighted by molar-refractivity contribution is 6.46. The molecule has 1 amide bonds. The van der Waals surface area contributed by atoms with Crippen LogP contribution in [0, 0.1) is 6.92 Å². The number of rotatable bonds is 6. The van der Waals surface area contributed by atoms with E-state index in [9.17, 15) is 14.7 Å². The van der Waals surface area contributed by atoms with Gasteiger partial charge in [-0.25, -0.2) is 0 Å². The summed E-state index contributed by atoms with van der Waals surface area (Å²) in [6, 6.07) is 13.6. The van der Waals surface area contributed by atoms with E-state index in [4.69, 9.17) is 11.6 Å². The number of carbonyl (C=O) groups is 2. The number of ketones is 1. The highest BCUT2D eigenvalue weighted by Gasteiger charge is 2.46. The van der Waals surface area contributed by atoms with Crippen LogP contribution in [0.15, 0.2) is 54.1 Å². The number of aryl methyl sites for hydroxylation is 1. The fourth-order valence-electron chi connectivity index (χ4n) is 3.65. The maximum Gasteiger partial charge on any atom is 0.295 e. The molecular formula is C23H25ClN2O3. The summed E-state index contributed by atoms with van der Waals surface area (Å²) in [5.41, 5.74) is 2.38. The molecule has 3 rings (SSSR count). The number of hydrogen-bond acceptors (Lipinski definition) is 4. The molecule has 0 radical (unpaired) electrons. The summed E-state index contributed by atoms with van der Waals surface area (Å²) in [5.74, 6) is -1.41. The molecule has 2 aromatic rings. The van der Waals surface area contributed by atoms with Crippen molar-refractivity contribution in [1.82, 2.24) is 9.80 Å². The first-order valence-electron chi connectivity index (χ1n) is 9.56. The second-order valence-electron chi connectivity index (χ2n) is 7.51. The largest absolute Gasteiger partial charge is 0.507 e. The minimum Gasteiger partial charge on any atom is -0.507 e. The predicted molar refractivity (Wildman–Crippen MR) is 115 cm³/mol. The van der Waals surface area contributed by atoms with Gasteiger partial charge in [0.2, 0.25) is 0 Å². The highest BCUT2D eigenvalue weighted by Crippen LogP contribution is 2.40. The molecule has 0 spiro atoms. The molecule has 1 fully saturated rings. The van der Waals surface area contributed by atoms with Crippen LogP contribution in [0.5, 0.6) is 0 Å². The standard InChI is InChI=1S/C23H25ClN2O3/c1-15-7-4-5-8-18(15)20-19(21(27)16-9-11-17(24)12-10-16)22(28)23(29)26(20)14-6-13-25(2)3/h4-5,7-12,20,27H,6,13-14H2,1-3H3/b21-19-. The first-order chi connectivity index (χ1) is 13.8. The zero-order valence-electron chi connectivity index (χ0n) is 16.9. The molecule has 1 N–H and O–H groups in total. The average molecular weight is 413 g/mol. The van der Waals surface area contributed by atoms with Gasteiger partial charge in [-0.05, 0) is 69.4 Å². The van der Waals surface area contributed by atoms with Crippen LogP contribution in [0.2, 0.25) is 5.02 Å². The number of likely N-dealkylation sites (tertiary alicyclic amines) is 1. The van der Waals surface area contributed by atoms with Crippen LogP contribution in [0.3, 0.4) is 0 Å². The van der Waals surface area contributed by atoms with Crippen molar-refractivity contribution in [2.45, 2.75) is 19.4 Å². The molecule has 1 atom stereocenters. The molecule has 5 nitrogen and oxygen atoms in total. The summed E-state index contributed by atoms with van der Waals surface area (Å²) < 4.78 is 0. The number of carbonyl (C=O) groups excluding carboxylic acids is 2. The first-order valence-corrected chi connectivity index (χ1v) is 9.93. The Morgan fingerprint density at radius 3 is 2.38 bits per heavy atom. The Hall–Kier alpha value is -2.63. The molecule has 0 aliphatic carbocycles. The van der Waals surface area contributed by atoms with Crippen LogP contribution in [0.25, 0.3) is 5.76 Å². The normalized spacial score (nSPS) is 18.7. The zero-order chi connectivity index (χ0) is 21.1. The summed E-state index contributed by atoms with van der Waals surface area (Å²) in [6.45, 7) is 3.16. The number of benzene rings is 2. The molecule has 1 aliphatic heterocycles. The molecule has 6 heteroatoms. The molecule has 0 bridgehead atoms. The number of aliphatic hydroxyl groups is 1. The van der Waals surface area contributed by atoms with Crippen LogP contribution < -0.4 is 0 Å². The smallest absolute Gasteiger partial charge is 0.295 e. The van der Waals surface area contributed by atoms with Gasteiger partial charge in [-0.3, -0.25) is 9.59 Å². The zero-order valence-corrected chi connectivity index (χ0v) is 17.6. The highest BCUT2D eigenvalue weighted by atomic mass is 35.5. The minimum atomic E-state index is -0.657. The van der Waals surface area contributed by atoms with E-state index in [1.807, 2.05) is 50.2 Å². The second-order valence-corrected chi connectivity index (χ2v) is 7.95. The van der Waals surface area contributed by atoms with E-state index in [0.29, 0.717) is 17.1 Å². The van der Waals surface area contributed by atoms with Gasteiger partial charge < -0.3 is 14.9 Å². The van der Waals surface area contributed by atoms with Crippen LogP contribution in [-0.2, 0) is 9.59 Å². The number of hydrogen-bond donors (Lipinski definition) is 1. The number of aliphatic hydroxyl groups excluding tert-OH is 1. The Morgan fingerprint density at radius 1 is 1.10 bits per heavy atom. The van der Waals surface area contributed by atoms with Gasteiger partial charge in [-0.15, -0.1) is 0 Å². The maximum absolute atomic E-state index is 12.9. The van der Waals surface area contributed by atoms with Gasteiger partial charge in [0.15, 0.2) is 0 Å². The van der Waals surface area contributed by atoms with Crippen molar-refractivity contribution in [1.29, 1.82) is 0 Å². The topological polar surface area (TPSA) is 60.9 Å². The van der Waals surface area contributed by atoms with Crippen LogP contribution in [-0.4, -0.2) is 53.8 Å². The quantitative estimate of drug-likeness (QED) is 0.442. The molecule has 152 valence electrons. The molecule has 0 saturated carbocycles. The number of Topliss-reactive ketones (excluding diaryl/α,β-unsaturated/α-hetero) is 1. The molecule has 1 heterocycles. The van der Waals surface area contributed by atoms with Gasteiger partial charge in [-0.1, -0.05) is 35.9 Å². The lowest BCUT2D eigenvalue weighted by molar-refractivity contribution is -0.139. The number of amides is 1. The Balaban J connectivity index is 2.11. The molecule has 0 aromatic heterocycles. The summed E-state index contributed by atoms with van der Waals surface area (Å²) in [5, 5.41) is 11.5. The summed E-state index contributed by atoms with van der Waals surface area (Å²) >= 11 is 5.95. The number of halogens is 1. The van der Waals surface area contributed by atoms with Crippen molar-refractivity contribution >= 4 is 29.1 Å². The van der Waals surface area contributed by atoms with E-state index in [1.54, 1.807) is 29.2 Å². The van der Waals surface area contributed by atoms with Crippen LogP contribution >= 0.6 is 11.6 Å².